The van der Waals surface area contributed by atoms with Crippen LogP contribution in [0.1, 0.15) is 45.4 Å². The van der Waals surface area contributed by atoms with Crippen molar-refractivity contribution in [1.29, 1.82) is 0 Å². The molecule has 0 radical (unpaired) electrons. The van der Waals surface area contributed by atoms with Gasteiger partial charge >= 0.3 is 5.97 Å². The van der Waals surface area contributed by atoms with Gasteiger partial charge in [0.1, 0.15) is 37.1 Å². The topological polar surface area (TPSA) is 146 Å². The van der Waals surface area contributed by atoms with E-state index in [1.807, 2.05) is 0 Å². The highest BCUT2D eigenvalue weighted by Crippen LogP contribution is 2.23. The van der Waals surface area contributed by atoms with Gasteiger partial charge in [0.2, 0.25) is 0 Å². The van der Waals surface area contributed by atoms with E-state index in [1.54, 1.807) is 0 Å². The van der Waals surface area contributed by atoms with E-state index in [1.165, 1.54) is 0 Å². The van der Waals surface area contributed by atoms with Crippen LogP contribution in [0.4, 0.5) is 0 Å². The zero-order valence-electron chi connectivity index (χ0n) is 15.2. The molecule has 9 nitrogen and oxygen atoms in total. The molecule has 0 bridgehead atoms. The van der Waals surface area contributed by atoms with Crippen molar-refractivity contribution in [3.63, 3.8) is 0 Å². The Balaban J connectivity index is 2.38. The molecule has 1 aliphatic rings. The number of unbranched alkanes of at least 4 members (excludes halogenated alkanes) is 4. The Hall–Kier alpha value is -0.810. The zero-order chi connectivity index (χ0) is 19.5. The number of carbonyl (C=O) groups excluding carboxylic acids is 1. The average molecular weight is 380 g/mol. The molecule has 9 heteroatoms. The van der Waals surface area contributed by atoms with Gasteiger partial charge in [-0.2, -0.15) is 0 Å². The number of ether oxygens (including phenoxy) is 3. The van der Waals surface area contributed by atoms with Gasteiger partial charge in [-0.25, -0.2) is 0 Å². The Kier molecular flexibility index (Phi) is 11.2. The molecule has 26 heavy (non-hydrogen) atoms. The molecular formula is C17H32O9. The van der Waals surface area contributed by atoms with E-state index >= 15 is 0 Å². The monoisotopic (exact) mass is 380 g/mol. The van der Waals surface area contributed by atoms with Gasteiger partial charge in [0.25, 0.3) is 0 Å². The number of hydrogen-bond donors (Lipinski definition) is 5. The second-order valence-electron chi connectivity index (χ2n) is 6.49. The van der Waals surface area contributed by atoms with Gasteiger partial charge in [-0.15, -0.1) is 0 Å². The van der Waals surface area contributed by atoms with Crippen molar-refractivity contribution in [2.45, 2.75) is 82.3 Å². The van der Waals surface area contributed by atoms with Crippen LogP contribution in [-0.2, 0) is 19.0 Å². The van der Waals surface area contributed by atoms with Crippen LogP contribution < -0.4 is 0 Å². The zero-order valence-corrected chi connectivity index (χ0v) is 15.2. The largest absolute Gasteiger partial charge is 0.463 e. The summed E-state index contributed by atoms with van der Waals surface area (Å²) in [5.41, 5.74) is 0. The quantitative estimate of drug-likeness (QED) is 0.214. The third-order valence-corrected chi connectivity index (χ3v) is 4.29. The normalized spacial score (nSPS) is 30.2. The molecule has 0 aromatic rings. The minimum Gasteiger partial charge on any atom is -0.463 e. The van der Waals surface area contributed by atoms with E-state index in [2.05, 4.69) is 6.92 Å². The molecule has 0 aromatic carbocycles. The van der Waals surface area contributed by atoms with Crippen molar-refractivity contribution >= 4 is 5.97 Å². The molecule has 0 aromatic heterocycles. The van der Waals surface area contributed by atoms with Crippen molar-refractivity contribution in [3.8, 4) is 0 Å². The predicted octanol–water partition coefficient (Wildman–Crippen LogP) is -0.932. The molecule has 1 rings (SSSR count). The molecule has 5 N–H and O–H groups in total. The van der Waals surface area contributed by atoms with Crippen LogP contribution in [0.3, 0.4) is 0 Å². The summed E-state index contributed by atoms with van der Waals surface area (Å²) in [6.07, 6.45) is -2.80. The van der Waals surface area contributed by atoms with Crippen LogP contribution in [0.15, 0.2) is 0 Å². The summed E-state index contributed by atoms with van der Waals surface area (Å²) in [4.78, 5) is 11.7. The summed E-state index contributed by atoms with van der Waals surface area (Å²) >= 11 is 0. The fourth-order valence-corrected chi connectivity index (χ4v) is 2.64. The lowest BCUT2D eigenvalue weighted by Crippen LogP contribution is -2.60. The number of aliphatic hydroxyl groups excluding tert-OH is 5. The van der Waals surface area contributed by atoms with Crippen LogP contribution in [-0.4, -0.2) is 88.1 Å². The lowest BCUT2D eigenvalue weighted by molar-refractivity contribution is -0.315. The maximum Gasteiger partial charge on any atom is 0.305 e. The van der Waals surface area contributed by atoms with Crippen LogP contribution in [0.5, 0.6) is 0 Å². The Morgan fingerprint density at radius 1 is 1.04 bits per heavy atom. The lowest BCUT2D eigenvalue weighted by atomic mass is 9.99. The third kappa shape index (κ3) is 7.43. The molecule has 0 aliphatic carbocycles. The van der Waals surface area contributed by atoms with E-state index in [0.29, 0.717) is 0 Å². The Bertz CT molecular complexity index is 390. The van der Waals surface area contributed by atoms with E-state index in [4.69, 9.17) is 19.3 Å². The number of carbonyl (C=O) groups is 1. The van der Waals surface area contributed by atoms with Crippen LogP contribution >= 0.6 is 0 Å². The van der Waals surface area contributed by atoms with Crippen molar-refractivity contribution in [2.24, 2.45) is 0 Å². The second kappa shape index (κ2) is 12.6. The summed E-state index contributed by atoms with van der Waals surface area (Å²) in [7, 11) is 0. The summed E-state index contributed by atoms with van der Waals surface area (Å²) < 4.78 is 15.6. The van der Waals surface area contributed by atoms with Gasteiger partial charge in [0.15, 0.2) is 6.29 Å². The van der Waals surface area contributed by atoms with Gasteiger partial charge in [0.05, 0.1) is 13.2 Å². The molecule has 0 spiro atoms. The van der Waals surface area contributed by atoms with E-state index in [-0.39, 0.29) is 13.0 Å². The molecule has 1 unspecified atom stereocenters. The van der Waals surface area contributed by atoms with Gasteiger partial charge in [-0.3, -0.25) is 4.79 Å². The molecule has 0 amide bonds. The maximum absolute atomic E-state index is 11.7. The number of rotatable bonds is 12. The van der Waals surface area contributed by atoms with Gasteiger partial charge in [-0.1, -0.05) is 32.6 Å². The number of aliphatic hydroxyl groups is 5. The summed E-state index contributed by atoms with van der Waals surface area (Å²) in [6.45, 7) is 0.790. The highest BCUT2D eigenvalue weighted by atomic mass is 16.7. The molecule has 1 aliphatic heterocycles. The first-order chi connectivity index (χ1) is 12.4. The van der Waals surface area contributed by atoms with Crippen molar-refractivity contribution in [2.75, 3.05) is 19.8 Å². The fraction of sp³-hybridized carbons (Fsp3) is 0.941. The summed E-state index contributed by atoms with van der Waals surface area (Å²) in [6, 6.07) is 0. The molecule has 6 atom stereocenters. The smallest absolute Gasteiger partial charge is 0.305 e. The van der Waals surface area contributed by atoms with Crippen molar-refractivity contribution in [3.05, 3.63) is 0 Å². The van der Waals surface area contributed by atoms with Crippen molar-refractivity contribution in [1.82, 2.24) is 0 Å². The Labute approximate surface area is 153 Å². The minimum atomic E-state index is -1.57. The highest BCUT2D eigenvalue weighted by molar-refractivity contribution is 5.69. The Morgan fingerprint density at radius 2 is 1.73 bits per heavy atom. The van der Waals surface area contributed by atoms with Gasteiger partial charge in [-0.05, 0) is 6.42 Å². The SMILES string of the molecule is CCCCCCCC(=O)OCC(CO)O[C@@H]1O[C@H](CO)[C@H](O)[C@H](O)[C@H]1O. The van der Waals surface area contributed by atoms with Crippen LogP contribution in [0.25, 0.3) is 0 Å². The standard InChI is InChI=1S/C17H32O9/c1-2-3-4-5-6-7-13(20)24-10-11(8-18)25-17-16(23)15(22)14(21)12(9-19)26-17/h11-12,14-19,21-23H,2-10H2,1H3/t11?,12-,14+,15+,16-,17-/m1/s1. The molecule has 0 saturated carbocycles. The minimum absolute atomic E-state index is 0.237. The summed E-state index contributed by atoms with van der Waals surface area (Å²) in [5, 5.41) is 47.8. The summed E-state index contributed by atoms with van der Waals surface area (Å²) in [5.74, 6) is -0.405. The molecule has 1 fully saturated rings. The fourth-order valence-electron chi connectivity index (χ4n) is 2.64. The maximum atomic E-state index is 11.7. The molecule has 1 heterocycles. The molecule has 154 valence electrons. The first-order valence-corrected chi connectivity index (χ1v) is 9.17. The van der Waals surface area contributed by atoms with Gasteiger partial charge in [0, 0.05) is 6.42 Å². The third-order valence-electron chi connectivity index (χ3n) is 4.29. The lowest BCUT2D eigenvalue weighted by Gasteiger charge is -2.40. The van der Waals surface area contributed by atoms with E-state index in [9.17, 15) is 25.2 Å². The molecular weight excluding hydrogens is 348 g/mol. The van der Waals surface area contributed by atoms with E-state index in [0.717, 1.165) is 32.1 Å². The first kappa shape index (κ1) is 23.2. The number of hydrogen-bond acceptors (Lipinski definition) is 9. The second-order valence-corrected chi connectivity index (χ2v) is 6.49. The van der Waals surface area contributed by atoms with Crippen LogP contribution in [0.2, 0.25) is 0 Å². The predicted molar refractivity (Wildman–Crippen MR) is 90.1 cm³/mol. The highest BCUT2D eigenvalue weighted by Gasteiger charge is 2.44. The number of esters is 1. The first-order valence-electron chi connectivity index (χ1n) is 9.17. The molecule has 1 saturated heterocycles. The van der Waals surface area contributed by atoms with Crippen LogP contribution in [0, 0.1) is 0 Å². The van der Waals surface area contributed by atoms with Crippen molar-refractivity contribution < 1.29 is 44.5 Å². The average Bonchev–Trinajstić information content (AvgIpc) is 2.64. The van der Waals surface area contributed by atoms with Gasteiger partial charge < -0.3 is 39.7 Å². The van der Waals surface area contributed by atoms with E-state index < -0.39 is 56.0 Å². The Morgan fingerprint density at radius 3 is 2.35 bits per heavy atom.